The molecule has 0 spiro atoms. The van der Waals surface area contributed by atoms with E-state index in [0.29, 0.717) is 23.3 Å². The maximum absolute atomic E-state index is 12.3. The molecule has 0 saturated heterocycles. The summed E-state index contributed by atoms with van der Waals surface area (Å²) in [5.74, 6) is -0.622. The quantitative estimate of drug-likeness (QED) is 0.875. The van der Waals surface area contributed by atoms with Gasteiger partial charge in [-0.05, 0) is 35.0 Å². The number of carboxylic acids is 1. The third-order valence-electron chi connectivity index (χ3n) is 3.24. The van der Waals surface area contributed by atoms with Gasteiger partial charge in [0, 0.05) is 5.39 Å². The van der Waals surface area contributed by atoms with E-state index in [4.69, 9.17) is 9.84 Å². The molecule has 1 atom stereocenters. The predicted molar refractivity (Wildman–Crippen MR) is 73.1 cm³/mol. The number of aromatic carboxylic acids is 1. The van der Waals surface area contributed by atoms with E-state index in [0.717, 1.165) is 4.47 Å². The number of hydrogen-bond acceptors (Lipinski definition) is 3. The smallest absolute Gasteiger partial charge is 0.341 e. The number of benzene rings is 1. The molecule has 2 heterocycles. The summed E-state index contributed by atoms with van der Waals surface area (Å²) in [6, 6.07) is 4.75. The normalized spacial score (nSPS) is 17.3. The zero-order valence-electron chi connectivity index (χ0n) is 10.0. The van der Waals surface area contributed by atoms with E-state index < -0.39 is 11.5 Å². The standard InChI is InChI=1S/C13H10BrNO4/c1-6-5-19-11-9(14)3-2-7-4-8(13(17)18)12(16)15(6)10(7)11/h2-4,6H,5H2,1H3,(H,17,18)/t6-/m0/s1. The zero-order chi connectivity index (χ0) is 13.7. The highest BCUT2D eigenvalue weighted by Gasteiger charge is 2.25. The maximum atomic E-state index is 12.3. The molecule has 98 valence electrons. The first-order valence-corrected chi connectivity index (χ1v) is 6.54. The summed E-state index contributed by atoms with van der Waals surface area (Å²) in [6.07, 6.45) is 0. The van der Waals surface area contributed by atoms with Crippen LogP contribution in [0.15, 0.2) is 27.5 Å². The molecule has 1 aromatic carbocycles. The van der Waals surface area contributed by atoms with Gasteiger partial charge >= 0.3 is 5.97 Å². The SMILES string of the molecule is C[C@H]1COc2c(Br)ccc3cc(C(=O)O)c(=O)n1c23. The molecule has 1 aliphatic rings. The highest BCUT2D eigenvalue weighted by Crippen LogP contribution is 2.37. The second-order valence-corrected chi connectivity index (χ2v) is 5.37. The van der Waals surface area contributed by atoms with Crippen molar-refractivity contribution < 1.29 is 14.6 Å². The fourth-order valence-corrected chi connectivity index (χ4v) is 2.80. The zero-order valence-corrected chi connectivity index (χ0v) is 11.6. The number of carbonyl (C=O) groups is 1. The largest absolute Gasteiger partial charge is 0.488 e. The predicted octanol–water partition coefficient (Wildman–Crippen LogP) is 2.42. The minimum atomic E-state index is -1.21. The summed E-state index contributed by atoms with van der Waals surface area (Å²) in [6.45, 7) is 2.17. The fourth-order valence-electron chi connectivity index (χ4n) is 2.36. The van der Waals surface area contributed by atoms with Crippen LogP contribution < -0.4 is 10.3 Å². The van der Waals surface area contributed by atoms with Crippen LogP contribution in [0.3, 0.4) is 0 Å². The fraction of sp³-hybridized carbons (Fsp3) is 0.231. The van der Waals surface area contributed by atoms with Gasteiger partial charge < -0.3 is 9.84 Å². The van der Waals surface area contributed by atoms with Crippen LogP contribution in [0.2, 0.25) is 0 Å². The Bertz CT molecular complexity index is 765. The van der Waals surface area contributed by atoms with Crippen LogP contribution in [0.25, 0.3) is 10.9 Å². The lowest BCUT2D eigenvalue weighted by Gasteiger charge is -2.26. The first-order chi connectivity index (χ1) is 9.00. The molecule has 0 unspecified atom stereocenters. The van der Waals surface area contributed by atoms with Crippen LogP contribution in [-0.4, -0.2) is 22.2 Å². The van der Waals surface area contributed by atoms with Gasteiger partial charge in [-0.2, -0.15) is 0 Å². The van der Waals surface area contributed by atoms with Crippen LogP contribution in [0.5, 0.6) is 5.75 Å². The lowest BCUT2D eigenvalue weighted by Crippen LogP contribution is -2.34. The maximum Gasteiger partial charge on any atom is 0.341 e. The van der Waals surface area contributed by atoms with Crippen LogP contribution in [0, 0.1) is 0 Å². The van der Waals surface area contributed by atoms with E-state index in [1.165, 1.54) is 10.6 Å². The van der Waals surface area contributed by atoms with Crippen molar-refractivity contribution in [2.45, 2.75) is 13.0 Å². The van der Waals surface area contributed by atoms with Gasteiger partial charge in [0.05, 0.1) is 16.0 Å². The van der Waals surface area contributed by atoms with E-state index in [2.05, 4.69) is 15.9 Å². The summed E-state index contributed by atoms with van der Waals surface area (Å²) in [5, 5.41) is 9.80. The van der Waals surface area contributed by atoms with Gasteiger partial charge in [0.25, 0.3) is 5.56 Å². The summed E-state index contributed by atoms with van der Waals surface area (Å²) in [7, 11) is 0. The molecular formula is C13H10BrNO4. The highest BCUT2D eigenvalue weighted by molar-refractivity contribution is 9.10. The van der Waals surface area contributed by atoms with Crippen molar-refractivity contribution in [3.05, 3.63) is 38.6 Å². The molecule has 1 aliphatic heterocycles. The summed E-state index contributed by atoms with van der Waals surface area (Å²) < 4.78 is 7.90. The molecule has 0 amide bonds. The van der Waals surface area contributed by atoms with Gasteiger partial charge in [-0.15, -0.1) is 0 Å². The molecule has 1 N–H and O–H groups in total. The van der Waals surface area contributed by atoms with E-state index in [1.807, 2.05) is 6.92 Å². The van der Waals surface area contributed by atoms with Gasteiger partial charge in [0.2, 0.25) is 0 Å². The molecule has 1 aromatic heterocycles. The van der Waals surface area contributed by atoms with Crippen LogP contribution >= 0.6 is 15.9 Å². The Hall–Kier alpha value is -1.82. The molecule has 0 aliphatic carbocycles. The van der Waals surface area contributed by atoms with Crippen molar-refractivity contribution in [3.8, 4) is 5.75 Å². The minimum absolute atomic E-state index is 0.198. The monoisotopic (exact) mass is 323 g/mol. The Balaban J connectivity index is 2.54. The van der Waals surface area contributed by atoms with Crippen molar-refractivity contribution in [2.24, 2.45) is 0 Å². The summed E-state index contributed by atoms with van der Waals surface area (Å²) in [4.78, 5) is 23.4. The Morgan fingerprint density at radius 2 is 2.26 bits per heavy atom. The number of hydrogen-bond donors (Lipinski definition) is 1. The first kappa shape index (κ1) is 12.2. The third kappa shape index (κ3) is 1.67. The number of carboxylic acid groups (broad SMARTS) is 1. The molecule has 2 aromatic rings. The topological polar surface area (TPSA) is 68.5 Å². The second kappa shape index (κ2) is 4.09. The van der Waals surface area contributed by atoms with Crippen LogP contribution in [0.4, 0.5) is 0 Å². The van der Waals surface area contributed by atoms with Gasteiger partial charge in [0.1, 0.15) is 12.2 Å². The van der Waals surface area contributed by atoms with Gasteiger partial charge in [-0.25, -0.2) is 4.79 Å². The van der Waals surface area contributed by atoms with Gasteiger partial charge in [0.15, 0.2) is 5.75 Å². The number of halogens is 1. The van der Waals surface area contributed by atoms with Crippen molar-refractivity contribution >= 4 is 32.8 Å². The Kier molecular flexibility index (Phi) is 2.63. The Labute approximate surface area is 116 Å². The van der Waals surface area contributed by atoms with E-state index >= 15 is 0 Å². The number of ether oxygens (including phenoxy) is 1. The molecule has 0 bridgehead atoms. The third-order valence-corrected chi connectivity index (χ3v) is 3.87. The molecule has 5 nitrogen and oxygen atoms in total. The lowest BCUT2D eigenvalue weighted by atomic mass is 10.1. The van der Waals surface area contributed by atoms with Crippen molar-refractivity contribution in [1.29, 1.82) is 0 Å². The van der Waals surface area contributed by atoms with E-state index in [9.17, 15) is 9.59 Å². The molecular weight excluding hydrogens is 314 g/mol. The molecule has 19 heavy (non-hydrogen) atoms. The highest BCUT2D eigenvalue weighted by atomic mass is 79.9. The van der Waals surface area contributed by atoms with Gasteiger partial charge in [-0.1, -0.05) is 6.07 Å². The molecule has 0 radical (unpaired) electrons. The minimum Gasteiger partial charge on any atom is -0.488 e. The summed E-state index contributed by atoms with van der Waals surface area (Å²) in [5.41, 5.74) is -0.0622. The number of rotatable bonds is 1. The average molecular weight is 324 g/mol. The molecule has 0 saturated carbocycles. The lowest BCUT2D eigenvalue weighted by molar-refractivity contribution is 0.0694. The second-order valence-electron chi connectivity index (χ2n) is 4.51. The Morgan fingerprint density at radius 1 is 1.53 bits per heavy atom. The van der Waals surface area contributed by atoms with E-state index in [1.54, 1.807) is 12.1 Å². The Morgan fingerprint density at radius 3 is 2.95 bits per heavy atom. The van der Waals surface area contributed by atoms with Crippen molar-refractivity contribution in [2.75, 3.05) is 6.61 Å². The number of aromatic nitrogens is 1. The van der Waals surface area contributed by atoms with Crippen molar-refractivity contribution in [1.82, 2.24) is 4.57 Å². The average Bonchev–Trinajstić information content (AvgIpc) is 2.36. The molecule has 0 fully saturated rings. The molecule has 6 heteroatoms. The first-order valence-electron chi connectivity index (χ1n) is 5.74. The molecule has 3 rings (SSSR count). The van der Waals surface area contributed by atoms with Crippen LogP contribution in [-0.2, 0) is 0 Å². The van der Waals surface area contributed by atoms with E-state index in [-0.39, 0.29) is 11.6 Å². The van der Waals surface area contributed by atoms with Crippen LogP contribution in [0.1, 0.15) is 23.3 Å². The summed E-state index contributed by atoms with van der Waals surface area (Å²) >= 11 is 3.38. The number of nitrogens with zero attached hydrogens (tertiary/aromatic N) is 1. The van der Waals surface area contributed by atoms with Gasteiger partial charge in [-0.3, -0.25) is 9.36 Å². The number of pyridine rings is 1. The van der Waals surface area contributed by atoms with Crippen molar-refractivity contribution in [3.63, 3.8) is 0 Å².